The highest BCUT2D eigenvalue weighted by Crippen LogP contribution is 2.30. The van der Waals surface area contributed by atoms with Crippen LogP contribution in [0.3, 0.4) is 0 Å². The van der Waals surface area contributed by atoms with Crippen LogP contribution in [0.1, 0.15) is 24.1 Å². The van der Waals surface area contributed by atoms with Gasteiger partial charge >= 0.3 is 0 Å². The van der Waals surface area contributed by atoms with Gasteiger partial charge in [-0.2, -0.15) is 5.26 Å². The minimum atomic E-state index is -0.930. The fraction of sp³-hybridized carbons (Fsp3) is 0.318. The van der Waals surface area contributed by atoms with Gasteiger partial charge in [0, 0.05) is 37.3 Å². The lowest BCUT2D eigenvalue weighted by Gasteiger charge is -2.29. The van der Waals surface area contributed by atoms with Crippen molar-refractivity contribution in [2.75, 3.05) is 36.5 Å². The Kier molecular flexibility index (Phi) is 5.57. The number of anilines is 2. The first-order valence-corrected chi connectivity index (χ1v) is 9.88. The Bertz CT molecular complexity index is 1250. The molecule has 0 radical (unpaired) electrons. The number of hydrogen-bond donors (Lipinski definition) is 1. The zero-order chi connectivity index (χ0) is 22.1. The SMILES string of the molecule is C[C@@H](Nc1ncc(C#N)c2c1cc(N1CCOCC1)c(=O)n2C)c1cccc(F)c1F. The predicted molar refractivity (Wildman–Crippen MR) is 113 cm³/mol. The molecular formula is C22H21F2N5O2. The molecule has 0 unspecified atom stereocenters. The number of aryl methyl sites for hydroxylation is 1. The zero-order valence-electron chi connectivity index (χ0n) is 17.2. The Labute approximate surface area is 177 Å². The Hall–Kier alpha value is -3.51. The largest absolute Gasteiger partial charge is 0.378 e. The molecule has 0 aliphatic carbocycles. The molecule has 3 heterocycles. The maximum Gasteiger partial charge on any atom is 0.274 e. The molecule has 1 aliphatic rings. The van der Waals surface area contributed by atoms with Crippen LogP contribution in [0.5, 0.6) is 0 Å². The fourth-order valence-corrected chi connectivity index (χ4v) is 3.85. The number of halogens is 2. The summed E-state index contributed by atoms with van der Waals surface area (Å²) in [5, 5.41) is 13.2. The molecule has 0 bridgehead atoms. The lowest BCUT2D eigenvalue weighted by molar-refractivity contribution is 0.122. The molecule has 0 spiro atoms. The number of rotatable bonds is 4. The van der Waals surface area contributed by atoms with Crippen LogP contribution in [0.2, 0.25) is 0 Å². The number of hydrogen-bond acceptors (Lipinski definition) is 6. The smallest absolute Gasteiger partial charge is 0.274 e. The molecule has 1 saturated heterocycles. The quantitative estimate of drug-likeness (QED) is 0.692. The van der Waals surface area contributed by atoms with Gasteiger partial charge in [-0.3, -0.25) is 4.79 Å². The van der Waals surface area contributed by atoms with E-state index in [0.29, 0.717) is 48.7 Å². The van der Waals surface area contributed by atoms with E-state index in [9.17, 15) is 18.8 Å². The topological polar surface area (TPSA) is 83.2 Å². The van der Waals surface area contributed by atoms with E-state index < -0.39 is 17.7 Å². The normalized spacial score (nSPS) is 15.0. The second kappa shape index (κ2) is 8.32. The lowest BCUT2D eigenvalue weighted by atomic mass is 10.1. The first-order valence-electron chi connectivity index (χ1n) is 9.88. The number of pyridine rings is 2. The van der Waals surface area contributed by atoms with E-state index in [1.807, 2.05) is 4.90 Å². The minimum Gasteiger partial charge on any atom is -0.378 e. The van der Waals surface area contributed by atoms with Crippen molar-refractivity contribution in [1.82, 2.24) is 9.55 Å². The molecular weight excluding hydrogens is 404 g/mol. The van der Waals surface area contributed by atoms with Crippen LogP contribution in [-0.4, -0.2) is 35.9 Å². The van der Waals surface area contributed by atoms with E-state index in [1.54, 1.807) is 20.0 Å². The Morgan fingerprint density at radius 1 is 1.29 bits per heavy atom. The highest BCUT2D eigenvalue weighted by atomic mass is 19.2. The van der Waals surface area contributed by atoms with Crippen LogP contribution in [0.15, 0.2) is 35.3 Å². The molecule has 1 fully saturated rings. The van der Waals surface area contributed by atoms with Gasteiger partial charge in [0.05, 0.1) is 30.3 Å². The summed E-state index contributed by atoms with van der Waals surface area (Å²) in [6.07, 6.45) is 1.37. The second-order valence-electron chi connectivity index (χ2n) is 7.40. The predicted octanol–water partition coefficient (Wildman–Crippen LogP) is 3.09. The first-order chi connectivity index (χ1) is 14.9. The zero-order valence-corrected chi connectivity index (χ0v) is 17.2. The summed E-state index contributed by atoms with van der Waals surface area (Å²) in [5.74, 6) is -1.49. The van der Waals surface area contributed by atoms with Crippen LogP contribution in [0.4, 0.5) is 20.3 Å². The molecule has 3 aromatic rings. The molecule has 31 heavy (non-hydrogen) atoms. The van der Waals surface area contributed by atoms with Gasteiger partial charge in [-0.25, -0.2) is 13.8 Å². The number of aromatic nitrogens is 2. The Balaban J connectivity index is 1.85. The average molecular weight is 425 g/mol. The van der Waals surface area contributed by atoms with Gasteiger partial charge in [0.25, 0.3) is 5.56 Å². The van der Waals surface area contributed by atoms with Crippen LogP contribution < -0.4 is 15.8 Å². The number of morpholine rings is 1. The standard InChI is InChI=1S/C22H21F2N5O2/c1-13(15-4-3-5-17(23)19(15)24)27-21-16-10-18(29-6-8-31-9-7-29)22(30)28(2)20(16)14(11-25)12-26-21/h3-5,10,12-13H,6-9H2,1-2H3,(H,26,27)/t13-/m1/s1. The van der Waals surface area contributed by atoms with Gasteiger partial charge in [0.15, 0.2) is 11.6 Å². The molecule has 7 nitrogen and oxygen atoms in total. The lowest BCUT2D eigenvalue weighted by Crippen LogP contribution is -2.40. The van der Waals surface area contributed by atoms with Crippen LogP contribution >= 0.6 is 0 Å². The van der Waals surface area contributed by atoms with E-state index in [2.05, 4.69) is 16.4 Å². The van der Waals surface area contributed by atoms with E-state index in [0.717, 1.165) is 6.07 Å². The van der Waals surface area contributed by atoms with E-state index >= 15 is 0 Å². The number of benzene rings is 1. The summed E-state index contributed by atoms with van der Waals surface area (Å²) in [6, 6.07) is 7.17. The number of nitrogens with one attached hydrogen (secondary N) is 1. The van der Waals surface area contributed by atoms with Crippen molar-refractivity contribution in [3.63, 3.8) is 0 Å². The minimum absolute atomic E-state index is 0.150. The molecule has 2 aromatic heterocycles. The van der Waals surface area contributed by atoms with Crippen molar-refractivity contribution in [1.29, 1.82) is 5.26 Å². The number of nitrogens with zero attached hydrogens (tertiary/aromatic N) is 4. The number of nitriles is 1. The number of fused-ring (bicyclic) bond motifs is 1. The molecule has 1 aromatic carbocycles. The van der Waals surface area contributed by atoms with Crippen molar-refractivity contribution in [2.24, 2.45) is 7.05 Å². The van der Waals surface area contributed by atoms with Crippen molar-refractivity contribution >= 4 is 22.4 Å². The fourth-order valence-electron chi connectivity index (χ4n) is 3.85. The third kappa shape index (κ3) is 3.70. The van der Waals surface area contributed by atoms with E-state index in [1.165, 1.54) is 22.9 Å². The molecule has 1 N–H and O–H groups in total. The monoisotopic (exact) mass is 425 g/mol. The molecule has 160 valence electrons. The van der Waals surface area contributed by atoms with Gasteiger partial charge < -0.3 is 19.5 Å². The highest BCUT2D eigenvalue weighted by molar-refractivity contribution is 5.95. The van der Waals surface area contributed by atoms with Gasteiger partial charge in [-0.15, -0.1) is 0 Å². The molecule has 0 saturated carbocycles. The summed E-state index contributed by atoms with van der Waals surface area (Å²) in [5.41, 5.74) is 1.07. The van der Waals surface area contributed by atoms with Gasteiger partial charge in [-0.1, -0.05) is 12.1 Å². The maximum absolute atomic E-state index is 14.3. The van der Waals surface area contributed by atoms with Crippen LogP contribution in [-0.2, 0) is 11.8 Å². The molecule has 0 amide bonds. The third-order valence-electron chi connectivity index (χ3n) is 5.50. The molecule has 4 rings (SSSR count). The summed E-state index contributed by atoms with van der Waals surface area (Å²) in [4.78, 5) is 19.3. The van der Waals surface area contributed by atoms with Gasteiger partial charge in [0.2, 0.25) is 0 Å². The van der Waals surface area contributed by atoms with Crippen molar-refractivity contribution < 1.29 is 13.5 Å². The molecule has 1 atom stereocenters. The van der Waals surface area contributed by atoms with Crippen LogP contribution in [0.25, 0.3) is 10.9 Å². The summed E-state index contributed by atoms with van der Waals surface area (Å²) >= 11 is 0. The van der Waals surface area contributed by atoms with Crippen molar-refractivity contribution in [3.8, 4) is 6.07 Å². The Morgan fingerprint density at radius 2 is 2.03 bits per heavy atom. The third-order valence-corrected chi connectivity index (χ3v) is 5.50. The molecule has 1 aliphatic heterocycles. The van der Waals surface area contributed by atoms with Gasteiger partial charge in [-0.05, 0) is 19.1 Å². The molecule has 9 heteroatoms. The second-order valence-corrected chi connectivity index (χ2v) is 7.40. The average Bonchev–Trinajstić information content (AvgIpc) is 2.78. The van der Waals surface area contributed by atoms with Crippen LogP contribution in [0, 0.1) is 23.0 Å². The summed E-state index contributed by atoms with van der Waals surface area (Å²) < 4.78 is 34.8. The maximum atomic E-state index is 14.3. The van der Waals surface area contributed by atoms with Gasteiger partial charge in [0.1, 0.15) is 17.6 Å². The summed E-state index contributed by atoms with van der Waals surface area (Å²) in [6.45, 7) is 3.85. The van der Waals surface area contributed by atoms with E-state index in [4.69, 9.17) is 4.74 Å². The van der Waals surface area contributed by atoms with Crippen molar-refractivity contribution in [2.45, 2.75) is 13.0 Å². The Morgan fingerprint density at radius 3 is 2.74 bits per heavy atom. The number of ether oxygens (including phenoxy) is 1. The van der Waals surface area contributed by atoms with E-state index in [-0.39, 0.29) is 16.7 Å². The highest BCUT2D eigenvalue weighted by Gasteiger charge is 2.21. The summed E-state index contributed by atoms with van der Waals surface area (Å²) in [7, 11) is 1.61. The van der Waals surface area contributed by atoms with Crippen molar-refractivity contribution in [3.05, 3.63) is 63.6 Å². The first kappa shape index (κ1) is 20.8.